The molecule has 134 valence electrons. The van der Waals surface area contributed by atoms with Crippen molar-refractivity contribution in [1.82, 2.24) is 0 Å². The van der Waals surface area contributed by atoms with Gasteiger partial charge in [-0.2, -0.15) is 0 Å². The molecule has 0 atom stereocenters. The molecule has 3 aromatic carbocycles. The van der Waals surface area contributed by atoms with Crippen LogP contribution in [0.1, 0.15) is 31.7 Å². The highest BCUT2D eigenvalue weighted by Crippen LogP contribution is 2.29. The van der Waals surface area contributed by atoms with Crippen molar-refractivity contribution in [3.63, 3.8) is 0 Å². The van der Waals surface area contributed by atoms with E-state index >= 15 is 0 Å². The van der Waals surface area contributed by atoms with Crippen molar-refractivity contribution < 1.29 is 8.78 Å². The van der Waals surface area contributed by atoms with Crippen LogP contribution in [-0.2, 0) is 6.42 Å². The average Bonchev–Trinajstić information content (AvgIpc) is 2.67. The van der Waals surface area contributed by atoms with Crippen LogP contribution in [0.3, 0.4) is 0 Å². The number of hydrogen-bond acceptors (Lipinski definition) is 0. The fourth-order valence-corrected chi connectivity index (χ4v) is 3.13. The van der Waals surface area contributed by atoms with E-state index in [1.54, 1.807) is 0 Å². The van der Waals surface area contributed by atoms with E-state index in [4.69, 9.17) is 11.6 Å². The number of hydrogen-bond donors (Lipinski definition) is 0. The Labute approximate surface area is 158 Å². The smallest absolute Gasteiger partial charge is 0.145 e. The Bertz CT molecular complexity index is 845. The van der Waals surface area contributed by atoms with Crippen LogP contribution in [-0.4, -0.2) is 0 Å². The Kier molecular flexibility index (Phi) is 6.05. The summed E-state index contributed by atoms with van der Waals surface area (Å²) in [5, 5.41) is -0.468. The summed E-state index contributed by atoms with van der Waals surface area (Å²) in [5.41, 5.74) is 4.78. The van der Waals surface area contributed by atoms with Crippen molar-refractivity contribution in [2.75, 3.05) is 0 Å². The van der Waals surface area contributed by atoms with Gasteiger partial charge in [-0.3, -0.25) is 0 Å². The van der Waals surface area contributed by atoms with E-state index in [9.17, 15) is 8.78 Å². The van der Waals surface area contributed by atoms with Gasteiger partial charge in [-0.05, 0) is 52.8 Å². The summed E-state index contributed by atoms with van der Waals surface area (Å²) in [5.74, 6) is -1.49. The van der Waals surface area contributed by atoms with Crippen LogP contribution >= 0.6 is 11.6 Å². The Morgan fingerprint density at radius 3 is 1.65 bits per heavy atom. The first kappa shape index (κ1) is 18.6. The first-order valence-corrected chi connectivity index (χ1v) is 9.30. The van der Waals surface area contributed by atoms with Gasteiger partial charge in [0, 0.05) is 0 Å². The van der Waals surface area contributed by atoms with Gasteiger partial charge in [0.25, 0.3) is 0 Å². The third kappa shape index (κ3) is 4.31. The second-order valence-electron chi connectivity index (χ2n) is 6.49. The van der Waals surface area contributed by atoms with E-state index in [1.165, 1.54) is 37.0 Å². The van der Waals surface area contributed by atoms with Crippen LogP contribution in [0.25, 0.3) is 22.3 Å². The summed E-state index contributed by atoms with van der Waals surface area (Å²) in [6.07, 6.45) is 4.82. The summed E-state index contributed by atoms with van der Waals surface area (Å²) < 4.78 is 27.3. The number of benzene rings is 3. The maximum absolute atomic E-state index is 13.6. The summed E-state index contributed by atoms with van der Waals surface area (Å²) in [7, 11) is 0. The van der Waals surface area contributed by atoms with E-state index in [0.29, 0.717) is 5.56 Å². The molecule has 0 amide bonds. The van der Waals surface area contributed by atoms with E-state index in [-0.39, 0.29) is 0 Å². The summed E-state index contributed by atoms with van der Waals surface area (Å²) in [6.45, 7) is 2.21. The number of aryl methyl sites for hydroxylation is 1. The molecule has 3 aromatic rings. The second-order valence-corrected chi connectivity index (χ2v) is 6.86. The molecule has 0 aliphatic heterocycles. The second kappa shape index (κ2) is 8.46. The third-order valence-electron chi connectivity index (χ3n) is 4.56. The first-order chi connectivity index (χ1) is 12.6. The zero-order chi connectivity index (χ0) is 18.5. The molecule has 0 aliphatic carbocycles. The summed E-state index contributed by atoms with van der Waals surface area (Å²) >= 11 is 5.55. The summed E-state index contributed by atoms with van der Waals surface area (Å²) in [4.78, 5) is 0. The zero-order valence-electron chi connectivity index (χ0n) is 14.7. The van der Waals surface area contributed by atoms with E-state index in [0.717, 1.165) is 23.1 Å². The fraction of sp³-hybridized carbons (Fsp3) is 0.217. The summed E-state index contributed by atoms with van der Waals surface area (Å²) in [6, 6.07) is 18.8. The van der Waals surface area contributed by atoms with Crippen molar-refractivity contribution in [3.05, 3.63) is 82.9 Å². The molecule has 3 heteroatoms. The van der Waals surface area contributed by atoms with Crippen molar-refractivity contribution in [2.24, 2.45) is 0 Å². The largest absolute Gasteiger partial charge is 0.205 e. The molecule has 0 spiro atoms. The quantitative estimate of drug-likeness (QED) is 0.308. The Balaban J connectivity index is 1.77. The lowest BCUT2D eigenvalue weighted by molar-refractivity contribution is 0.585. The highest BCUT2D eigenvalue weighted by atomic mass is 35.5. The van der Waals surface area contributed by atoms with Crippen LogP contribution in [0.4, 0.5) is 8.78 Å². The van der Waals surface area contributed by atoms with Gasteiger partial charge in [-0.25, -0.2) is 8.78 Å². The minimum absolute atomic E-state index is 0.468. The fourth-order valence-electron chi connectivity index (χ4n) is 3.02. The monoisotopic (exact) mass is 370 g/mol. The molecule has 0 unspecified atom stereocenters. The lowest BCUT2D eigenvalue weighted by Crippen LogP contribution is -1.88. The molecule has 0 fully saturated rings. The molecule has 0 heterocycles. The van der Waals surface area contributed by atoms with Crippen molar-refractivity contribution in [2.45, 2.75) is 32.6 Å². The van der Waals surface area contributed by atoms with Gasteiger partial charge in [-0.15, -0.1) is 0 Å². The highest BCUT2D eigenvalue weighted by Gasteiger charge is 2.10. The van der Waals surface area contributed by atoms with Crippen molar-refractivity contribution >= 4 is 11.6 Å². The number of unbranched alkanes of at least 4 members (excludes halogenated alkanes) is 2. The van der Waals surface area contributed by atoms with Crippen LogP contribution in [0.5, 0.6) is 0 Å². The molecule has 26 heavy (non-hydrogen) atoms. The number of rotatable bonds is 6. The van der Waals surface area contributed by atoms with Gasteiger partial charge >= 0.3 is 0 Å². The predicted octanol–water partition coefficient (Wildman–Crippen LogP) is 7.68. The van der Waals surface area contributed by atoms with Crippen LogP contribution in [0, 0.1) is 11.6 Å². The Morgan fingerprint density at radius 1 is 0.692 bits per heavy atom. The molecule has 0 aromatic heterocycles. The molecule has 0 saturated heterocycles. The maximum atomic E-state index is 13.6. The molecule has 0 radical (unpaired) electrons. The molecule has 3 rings (SSSR count). The highest BCUT2D eigenvalue weighted by molar-refractivity contribution is 6.31. The zero-order valence-corrected chi connectivity index (χ0v) is 15.5. The topological polar surface area (TPSA) is 0 Å². The van der Waals surface area contributed by atoms with Crippen molar-refractivity contribution in [1.29, 1.82) is 0 Å². The Hall–Kier alpha value is -2.19. The van der Waals surface area contributed by atoms with Gasteiger partial charge in [-0.1, -0.05) is 79.9 Å². The number of halogens is 3. The molecule has 0 aliphatic rings. The lowest BCUT2D eigenvalue weighted by Gasteiger charge is -2.08. The van der Waals surface area contributed by atoms with Gasteiger partial charge in [0.15, 0.2) is 0 Å². The SMILES string of the molecule is CCCCCc1ccc(-c2ccc(-c3cc(F)c(Cl)c(F)c3)cc2)cc1. The molecular formula is C23H21ClF2. The van der Waals surface area contributed by atoms with Crippen LogP contribution in [0.15, 0.2) is 60.7 Å². The molecule has 0 saturated carbocycles. The molecule has 0 nitrogen and oxygen atoms in total. The van der Waals surface area contributed by atoms with E-state index < -0.39 is 16.7 Å². The van der Waals surface area contributed by atoms with Crippen LogP contribution < -0.4 is 0 Å². The minimum atomic E-state index is -0.746. The van der Waals surface area contributed by atoms with Gasteiger partial charge in [0.2, 0.25) is 0 Å². The van der Waals surface area contributed by atoms with E-state index in [2.05, 4.69) is 31.2 Å². The Morgan fingerprint density at radius 2 is 1.15 bits per heavy atom. The minimum Gasteiger partial charge on any atom is -0.205 e. The van der Waals surface area contributed by atoms with Gasteiger partial charge < -0.3 is 0 Å². The molecular weight excluding hydrogens is 350 g/mol. The maximum Gasteiger partial charge on any atom is 0.145 e. The van der Waals surface area contributed by atoms with Gasteiger partial charge in [0.05, 0.1) is 0 Å². The molecule has 0 N–H and O–H groups in total. The molecule has 0 bridgehead atoms. The normalized spacial score (nSPS) is 10.9. The van der Waals surface area contributed by atoms with Crippen LogP contribution in [0.2, 0.25) is 5.02 Å². The lowest BCUT2D eigenvalue weighted by atomic mass is 9.98. The predicted molar refractivity (Wildman–Crippen MR) is 105 cm³/mol. The van der Waals surface area contributed by atoms with Crippen molar-refractivity contribution in [3.8, 4) is 22.3 Å². The average molecular weight is 371 g/mol. The first-order valence-electron chi connectivity index (χ1n) is 8.93. The standard InChI is InChI=1S/C23H21ClF2/c1-2-3-4-5-16-6-8-17(9-7-16)18-10-12-19(13-11-18)20-14-21(25)23(24)22(26)15-20/h6-15H,2-5H2,1H3. The van der Waals surface area contributed by atoms with E-state index in [1.807, 2.05) is 24.3 Å². The third-order valence-corrected chi connectivity index (χ3v) is 4.92. The van der Waals surface area contributed by atoms with Gasteiger partial charge in [0.1, 0.15) is 16.7 Å².